The Balaban J connectivity index is 0. The van der Waals surface area contributed by atoms with Crippen molar-refractivity contribution >= 4 is 17.9 Å². The number of hydrogen-bond acceptors (Lipinski definition) is 4. The molecule has 2 rings (SSSR count). The molecule has 0 amide bonds. The van der Waals surface area contributed by atoms with Crippen LogP contribution in [0, 0.1) is 6.92 Å². The minimum absolute atomic E-state index is 0. The Hall–Kier alpha value is -1.82. The summed E-state index contributed by atoms with van der Waals surface area (Å²) in [6.07, 6.45) is 1.53. The number of aromatic hydroxyl groups is 1. The van der Waals surface area contributed by atoms with Crippen molar-refractivity contribution in [1.82, 2.24) is 0 Å². The number of aliphatic imine (C=N–C) groups is 1. The van der Waals surface area contributed by atoms with Crippen LogP contribution >= 0.6 is 0 Å². The van der Waals surface area contributed by atoms with E-state index < -0.39 is 5.97 Å². The average Bonchev–Trinajstić information content (AvgIpc) is 2.77. The van der Waals surface area contributed by atoms with Crippen LogP contribution in [0.25, 0.3) is 10.6 Å². The second-order valence-corrected chi connectivity index (χ2v) is 6.03. The molecule has 0 aliphatic carbocycles. The number of para-hydroxylation sites is 1. The van der Waals surface area contributed by atoms with E-state index in [1.54, 1.807) is 19.1 Å². The Bertz CT molecular complexity index is 743. The van der Waals surface area contributed by atoms with Crippen molar-refractivity contribution in [2.75, 3.05) is 33.3 Å². The number of phenols is 1. The molecular weight excluding hydrogens is 470 g/mol. The minimum atomic E-state index is -0.442. The molecule has 0 radical (unpaired) electrons. The molecule has 0 bridgehead atoms. The Morgan fingerprint density at radius 3 is 1.94 bits per heavy atom. The van der Waals surface area contributed by atoms with Gasteiger partial charge in [-0.25, -0.2) is 4.79 Å². The number of carbonyl (C=O) groups is 1. The van der Waals surface area contributed by atoms with Crippen LogP contribution in [-0.2, 0) is 30.9 Å². The standard InChI is InChI=1S/C16H15NO3.2C4H10N.Zr/c1-11-8-12(16(19)20-2)9-13(15(11)18)10-17-14-6-4-3-5-7-14;2*1-3-5-4-2;/h3-10,18H,1-2H3;2*3-4H2,1-2H3;/q;2*-1;+2. The van der Waals surface area contributed by atoms with Crippen LogP contribution in [0.4, 0.5) is 5.69 Å². The van der Waals surface area contributed by atoms with E-state index in [1.165, 1.54) is 13.3 Å². The molecular formula is C24H35N3O3Zr. The number of esters is 1. The third kappa shape index (κ3) is 14.0. The van der Waals surface area contributed by atoms with Crippen molar-refractivity contribution in [3.8, 4) is 5.75 Å². The maximum Gasteiger partial charge on any atom is 2.00 e. The largest absolute Gasteiger partial charge is 2.00 e. The molecule has 0 spiro atoms. The van der Waals surface area contributed by atoms with Gasteiger partial charge in [-0.1, -0.05) is 45.9 Å². The van der Waals surface area contributed by atoms with E-state index in [9.17, 15) is 9.90 Å². The molecule has 0 fully saturated rings. The first kappa shape index (κ1) is 31.4. The van der Waals surface area contributed by atoms with E-state index >= 15 is 0 Å². The first-order valence-electron chi connectivity index (χ1n) is 10.2. The molecule has 0 aliphatic heterocycles. The van der Waals surface area contributed by atoms with E-state index in [-0.39, 0.29) is 32.0 Å². The first-order chi connectivity index (χ1) is 14.4. The van der Waals surface area contributed by atoms with Crippen molar-refractivity contribution in [2.24, 2.45) is 4.99 Å². The molecule has 0 unspecified atom stereocenters. The number of hydrogen-bond donors (Lipinski definition) is 1. The second kappa shape index (κ2) is 20.1. The van der Waals surface area contributed by atoms with Gasteiger partial charge in [0.1, 0.15) is 5.75 Å². The van der Waals surface area contributed by atoms with Gasteiger partial charge >= 0.3 is 32.2 Å². The number of carbonyl (C=O) groups excluding carboxylic acids is 1. The zero-order valence-electron chi connectivity index (χ0n) is 19.6. The molecule has 168 valence electrons. The Morgan fingerprint density at radius 1 is 1.00 bits per heavy atom. The number of ether oxygens (including phenoxy) is 1. The molecule has 0 saturated heterocycles. The predicted octanol–water partition coefficient (Wildman–Crippen LogP) is 6.04. The van der Waals surface area contributed by atoms with Crippen molar-refractivity contribution in [1.29, 1.82) is 0 Å². The van der Waals surface area contributed by atoms with Crippen LogP contribution in [-0.4, -0.2) is 50.6 Å². The maximum absolute atomic E-state index is 11.6. The summed E-state index contributed by atoms with van der Waals surface area (Å²) >= 11 is 0. The molecule has 0 saturated carbocycles. The van der Waals surface area contributed by atoms with Gasteiger partial charge in [0.05, 0.1) is 18.4 Å². The number of aryl methyl sites for hydroxylation is 1. The zero-order chi connectivity index (χ0) is 22.8. The number of methoxy groups -OCH3 is 1. The molecule has 0 heterocycles. The van der Waals surface area contributed by atoms with Crippen LogP contribution in [0.15, 0.2) is 47.5 Å². The van der Waals surface area contributed by atoms with E-state index in [4.69, 9.17) is 0 Å². The number of benzene rings is 2. The van der Waals surface area contributed by atoms with E-state index in [0.717, 1.165) is 31.9 Å². The van der Waals surface area contributed by atoms with Gasteiger partial charge in [0.2, 0.25) is 0 Å². The summed E-state index contributed by atoms with van der Waals surface area (Å²) in [5.41, 5.74) is 2.24. The summed E-state index contributed by atoms with van der Waals surface area (Å²) in [6.45, 7) is 13.8. The summed E-state index contributed by atoms with van der Waals surface area (Å²) in [6, 6.07) is 12.5. The van der Waals surface area contributed by atoms with Crippen LogP contribution < -0.4 is 0 Å². The minimum Gasteiger partial charge on any atom is -0.663 e. The summed E-state index contributed by atoms with van der Waals surface area (Å²) in [5.74, 6) is -0.334. The fraction of sp³-hybridized carbons (Fsp3) is 0.417. The number of rotatable bonds is 7. The van der Waals surface area contributed by atoms with Gasteiger partial charge in [0, 0.05) is 11.8 Å². The quantitative estimate of drug-likeness (QED) is 0.368. The monoisotopic (exact) mass is 503 g/mol. The van der Waals surface area contributed by atoms with Gasteiger partial charge < -0.3 is 20.5 Å². The molecule has 2 aromatic rings. The molecule has 2 aromatic carbocycles. The third-order valence-corrected chi connectivity index (χ3v) is 3.75. The SMILES string of the molecule is CC[N-]CC.CC[N-]CC.COC(=O)c1cc(C)c(O)c(C=Nc2ccccc2)c1.[Zr+2]. The van der Waals surface area contributed by atoms with Crippen LogP contribution in [0.2, 0.25) is 0 Å². The third-order valence-electron chi connectivity index (χ3n) is 3.75. The molecule has 0 aromatic heterocycles. The topological polar surface area (TPSA) is 87.1 Å². The Kier molecular flexibility index (Phi) is 20.3. The van der Waals surface area contributed by atoms with Crippen LogP contribution in [0.3, 0.4) is 0 Å². The van der Waals surface area contributed by atoms with Gasteiger partial charge in [-0.3, -0.25) is 4.99 Å². The van der Waals surface area contributed by atoms with Gasteiger partial charge in [0.25, 0.3) is 0 Å². The first-order valence-corrected chi connectivity index (χ1v) is 10.2. The normalized spacial score (nSPS) is 9.61. The number of nitrogens with zero attached hydrogens (tertiary/aromatic N) is 3. The van der Waals surface area contributed by atoms with E-state index in [1.807, 2.05) is 58.0 Å². The van der Waals surface area contributed by atoms with Gasteiger partial charge in [0.15, 0.2) is 0 Å². The van der Waals surface area contributed by atoms with Crippen molar-refractivity contribution in [3.63, 3.8) is 0 Å². The average molecular weight is 505 g/mol. The smallest absolute Gasteiger partial charge is 0.663 e. The van der Waals surface area contributed by atoms with E-state index in [0.29, 0.717) is 16.7 Å². The summed E-state index contributed by atoms with van der Waals surface area (Å²) in [4.78, 5) is 15.8. The molecule has 6 nitrogen and oxygen atoms in total. The fourth-order valence-corrected chi connectivity index (χ4v) is 2.25. The molecule has 0 atom stereocenters. The Morgan fingerprint density at radius 2 is 1.52 bits per heavy atom. The second-order valence-electron chi connectivity index (χ2n) is 6.03. The molecule has 0 aliphatic rings. The van der Waals surface area contributed by atoms with E-state index in [2.05, 4.69) is 20.4 Å². The van der Waals surface area contributed by atoms with Gasteiger partial charge in [-0.2, -0.15) is 26.2 Å². The van der Waals surface area contributed by atoms with Gasteiger partial charge in [-0.15, -0.1) is 0 Å². The van der Waals surface area contributed by atoms with Crippen molar-refractivity contribution < 1.29 is 40.8 Å². The summed E-state index contributed by atoms with van der Waals surface area (Å²) in [7, 11) is 1.32. The van der Waals surface area contributed by atoms with Crippen molar-refractivity contribution in [3.05, 3.63) is 69.8 Å². The van der Waals surface area contributed by atoms with Gasteiger partial charge in [-0.05, 0) is 36.8 Å². The summed E-state index contributed by atoms with van der Waals surface area (Å²) < 4.78 is 4.68. The zero-order valence-corrected chi connectivity index (χ0v) is 22.0. The maximum atomic E-state index is 11.6. The van der Waals surface area contributed by atoms with Crippen LogP contribution in [0.1, 0.15) is 49.2 Å². The number of phenolic OH excluding ortho intramolecular Hbond substituents is 1. The summed E-state index contributed by atoms with van der Waals surface area (Å²) in [5, 5.41) is 18.0. The Labute approximate surface area is 206 Å². The molecule has 1 N–H and O–H groups in total. The van der Waals surface area contributed by atoms with Crippen molar-refractivity contribution in [2.45, 2.75) is 34.6 Å². The molecule has 31 heavy (non-hydrogen) atoms. The van der Waals surface area contributed by atoms with Crippen LogP contribution in [0.5, 0.6) is 5.75 Å². The molecule has 7 heteroatoms. The predicted molar refractivity (Wildman–Crippen MR) is 127 cm³/mol. The fourth-order valence-electron chi connectivity index (χ4n) is 2.25.